The Morgan fingerprint density at radius 1 is 1.14 bits per heavy atom. The lowest BCUT2D eigenvalue weighted by atomic mass is 9.86. The summed E-state index contributed by atoms with van der Waals surface area (Å²) >= 11 is 6.35. The molecule has 0 bridgehead atoms. The topological polar surface area (TPSA) is 101 Å². The van der Waals surface area contributed by atoms with Gasteiger partial charge in [0.1, 0.15) is 0 Å². The Hall–Kier alpha value is -2.18. The van der Waals surface area contributed by atoms with Crippen LogP contribution >= 0.6 is 11.6 Å². The minimum Gasteiger partial charge on any atom is -0.328 e. The maximum Gasteiger partial charge on any atom is 0.267 e. The van der Waals surface area contributed by atoms with Crippen molar-refractivity contribution in [3.05, 3.63) is 44.7 Å². The summed E-state index contributed by atoms with van der Waals surface area (Å²) < 4.78 is 0. The van der Waals surface area contributed by atoms with Crippen LogP contribution in [0, 0.1) is 5.92 Å². The van der Waals surface area contributed by atoms with E-state index in [0.29, 0.717) is 10.7 Å². The summed E-state index contributed by atoms with van der Waals surface area (Å²) in [5.41, 5.74) is 9.87. The largest absolute Gasteiger partial charge is 0.328 e. The third-order valence-electron chi connectivity index (χ3n) is 5.94. The Morgan fingerprint density at radius 2 is 1.86 bits per heavy atom. The molecule has 148 valence electrons. The van der Waals surface area contributed by atoms with Gasteiger partial charge in [-0.15, -0.1) is 0 Å². The molecule has 0 spiro atoms. The van der Waals surface area contributed by atoms with E-state index in [1.54, 1.807) is 6.07 Å². The van der Waals surface area contributed by atoms with E-state index in [1.807, 2.05) is 12.1 Å². The molecule has 7 heteroatoms. The van der Waals surface area contributed by atoms with Crippen LogP contribution in [0.5, 0.6) is 0 Å². The molecule has 0 radical (unpaired) electrons. The first-order chi connectivity index (χ1) is 13.5. The molecule has 6 nitrogen and oxygen atoms in total. The summed E-state index contributed by atoms with van der Waals surface area (Å²) in [6.07, 6.45) is 7.05. The van der Waals surface area contributed by atoms with Crippen molar-refractivity contribution in [2.45, 2.75) is 57.4 Å². The molecule has 1 aromatic carbocycles. The number of nitrogens with one attached hydrogen (secondary N) is 2. The third kappa shape index (κ3) is 3.84. The molecule has 0 atom stereocenters. The monoisotopic (exact) mass is 400 g/mol. The predicted octanol–water partition coefficient (Wildman–Crippen LogP) is 3.43. The number of rotatable bonds is 3. The van der Waals surface area contributed by atoms with Gasteiger partial charge in [0.25, 0.3) is 5.56 Å². The number of carbonyl (C=O) groups excluding carboxylic acids is 1. The van der Waals surface area contributed by atoms with Gasteiger partial charge in [0, 0.05) is 23.1 Å². The number of nitrogens with two attached hydrogens (primary N) is 1. The van der Waals surface area contributed by atoms with Gasteiger partial charge in [0.2, 0.25) is 5.91 Å². The maximum atomic E-state index is 12.7. The number of fused-ring (bicyclic) bond motifs is 1. The van der Waals surface area contributed by atoms with Gasteiger partial charge < -0.3 is 11.1 Å². The minimum atomic E-state index is -0.101. The van der Waals surface area contributed by atoms with Crippen molar-refractivity contribution in [1.29, 1.82) is 0 Å². The second-order valence-electron chi connectivity index (χ2n) is 7.86. The molecule has 4 N–H and O–H groups in total. The Morgan fingerprint density at radius 3 is 2.61 bits per heavy atom. The van der Waals surface area contributed by atoms with E-state index in [-0.39, 0.29) is 23.4 Å². The smallest absolute Gasteiger partial charge is 0.267 e. The Bertz CT molecular complexity index is 948. The summed E-state index contributed by atoms with van der Waals surface area (Å²) in [7, 11) is 0. The molecule has 1 fully saturated rings. The van der Waals surface area contributed by atoms with E-state index < -0.39 is 0 Å². The van der Waals surface area contributed by atoms with Crippen LogP contribution in [-0.4, -0.2) is 22.1 Å². The van der Waals surface area contributed by atoms with Gasteiger partial charge >= 0.3 is 0 Å². The number of H-pyrrole nitrogens is 1. The van der Waals surface area contributed by atoms with Crippen molar-refractivity contribution < 1.29 is 4.79 Å². The van der Waals surface area contributed by atoms with Crippen LogP contribution in [0.15, 0.2) is 23.0 Å². The van der Waals surface area contributed by atoms with Crippen molar-refractivity contribution in [1.82, 2.24) is 10.2 Å². The zero-order valence-electron chi connectivity index (χ0n) is 15.8. The molecule has 2 aliphatic rings. The number of hydrogen-bond acceptors (Lipinski definition) is 4. The van der Waals surface area contributed by atoms with Gasteiger partial charge in [-0.1, -0.05) is 17.7 Å². The van der Waals surface area contributed by atoms with E-state index in [0.717, 1.165) is 73.8 Å². The number of hydrogen-bond donors (Lipinski definition) is 3. The summed E-state index contributed by atoms with van der Waals surface area (Å²) in [6.45, 7) is 0. The fourth-order valence-corrected chi connectivity index (χ4v) is 4.45. The predicted molar refractivity (Wildman–Crippen MR) is 111 cm³/mol. The standard InChI is InChI=1S/C21H25ClN4O2/c22-17-10-7-13(19-15-3-1-2-4-16(15)21(28)26-25-19)11-18(17)24-20(27)12-5-8-14(23)9-6-12/h7,10-12,14H,1-6,8-9,23H2,(H,24,27)(H,26,28). The second kappa shape index (κ2) is 8.05. The number of nitrogens with zero attached hydrogens (tertiary/aromatic N) is 1. The molecule has 1 aromatic heterocycles. The van der Waals surface area contributed by atoms with E-state index in [9.17, 15) is 9.59 Å². The molecule has 0 saturated heterocycles. The van der Waals surface area contributed by atoms with Crippen LogP contribution < -0.4 is 16.6 Å². The SMILES string of the molecule is NC1CCC(C(=O)Nc2cc(-c3n[nH]c(=O)c4c3CCCC4)ccc2Cl)CC1. The van der Waals surface area contributed by atoms with Gasteiger partial charge in [0.15, 0.2) is 0 Å². The normalized spacial score (nSPS) is 21.8. The van der Waals surface area contributed by atoms with Crippen molar-refractivity contribution in [2.75, 3.05) is 5.32 Å². The highest BCUT2D eigenvalue weighted by Crippen LogP contribution is 2.33. The van der Waals surface area contributed by atoms with Gasteiger partial charge in [0.05, 0.1) is 16.4 Å². The van der Waals surface area contributed by atoms with Gasteiger partial charge in [-0.05, 0) is 69.1 Å². The van der Waals surface area contributed by atoms with Crippen LogP contribution in [0.2, 0.25) is 5.02 Å². The lowest BCUT2D eigenvalue weighted by Gasteiger charge is -2.25. The number of halogens is 1. The molecule has 0 unspecified atom stereocenters. The first kappa shape index (κ1) is 19.2. The van der Waals surface area contributed by atoms with Crippen LogP contribution in [0.3, 0.4) is 0 Å². The van der Waals surface area contributed by atoms with Gasteiger partial charge in [-0.25, -0.2) is 5.10 Å². The zero-order chi connectivity index (χ0) is 19.7. The molecule has 0 aliphatic heterocycles. The molecule has 2 aliphatic carbocycles. The number of aromatic nitrogens is 2. The molecule has 28 heavy (non-hydrogen) atoms. The van der Waals surface area contributed by atoms with Crippen molar-refractivity contribution >= 4 is 23.2 Å². The van der Waals surface area contributed by atoms with Crippen molar-refractivity contribution in [2.24, 2.45) is 11.7 Å². The number of carbonyl (C=O) groups is 1. The molecule has 2 aromatic rings. The molecule has 4 rings (SSSR count). The summed E-state index contributed by atoms with van der Waals surface area (Å²) in [5, 5.41) is 10.4. The highest BCUT2D eigenvalue weighted by atomic mass is 35.5. The summed E-state index contributed by atoms with van der Waals surface area (Å²) in [5.74, 6) is -0.0408. The number of anilines is 1. The van der Waals surface area contributed by atoms with E-state index in [2.05, 4.69) is 15.5 Å². The molecule has 1 saturated carbocycles. The summed E-state index contributed by atoms with van der Waals surface area (Å²) in [6, 6.07) is 5.71. The maximum absolute atomic E-state index is 12.7. The molecular formula is C21H25ClN4O2. The van der Waals surface area contributed by atoms with E-state index in [1.165, 1.54) is 0 Å². The Labute approximate surface area is 168 Å². The minimum absolute atomic E-state index is 0.0117. The van der Waals surface area contributed by atoms with Crippen molar-refractivity contribution in [3.8, 4) is 11.3 Å². The fourth-order valence-electron chi connectivity index (χ4n) is 4.28. The first-order valence-electron chi connectivity index (χ1n) is 9.99. The molecule has 1 heterocycles. The quantitative estimate of drug-likeness (QED) is 0.734. The number of amides is 1. The Kier molecular flexibility index (Phi) is 5.51. The highest BCUT2D eigenvalue weighted by Gasteiger charge is 2.25. The number of benzene rings is 1. The third-order valence-corrected chi connectivity index (χ3v) is 6.27. The average molecular weight is 401 g/mol. The van der Waals surface area contributed by atoms with Crippen LogP contribution in [-0.2, 0) is 17.6 Å². The van der Waals surface area contributed by atoms with E-state index >= 15 is 0 Å². The fraction of sp³-hybridized carbons (Fsp3) is 0.476. The first-order valence-corrected chi connectivity index (χ1v) is 10.4. The average Bonchev–Trinajstić information content (AvgIpc) is 2.71. The van der Waals surface area contributed by atoms with Gasteiger partial charge in [-0.2, -0.15) is 5.10 Å². The van der Waals surface area contributed by atoms with Crippen LogP contribution in [0.4, 0.5) is 5.69 Å². The molecular weight excluding hydrogens is 376 g/mol. The Balaban J connectivity index is 1.61. The van der Waals surface area contributed by atoms with Crippen LogP contribution in [0.1, 0.15) is 49.7 Å². The second-order valence-corrected chi connectivity index (χ2v) is 8.27. The van der Waals surface area contributed by atoms with Gasteiger partial charge in [-0.3, -0.25) is 9.59 Å². The summed E-state index contributed by atoms with van der Waals surface area (Å²) in [4.78, 5) is 24.8. The highest BCUT2D eigenvalue weighted by molar-refractivity contribution is 6.33. The lowest BCUT2D eigenvalue weighted by Crippen LogP contribution is -2.32. The van der Waals surface area contributed by atoms with Crippen LogP contribution in [0.25, 0.3) is 11.3 Å². The molecule has 1 amide bonds. The van der Waals surface area contributed by atoms with Crippen molar-refractivity contribution in [3.63, 3.8) is 0 Å². The number of aromatic amines is 1. The zero-order valence-corrected chi connectivity index (χ0v) is 16.5. The van der Waals surface area contributed by atoms with E-state index in [4.69, 9.17) is 17.3 Å². The lowest BCUT2D eigenvalue weighted by molar-refractivity contribution is -0.120.